The van der Waals surface area contributed by atoms with Gasteiger partial charge < -0.3 is 18.9 Å². The molecule has 0 spiro atoms. The summed E-state index contributed by atoms with van der Waals surface area (Å²) < 4.78 is 17.2. The van der Waals surface area contributed by atoms with Crippen LogP contribution in [0.15, 0.2) is 28.8 Å². The van der Waals surface area contributed by atoms with Crippen LogP contribution in [0.1, 0.15) is 44.9 Å². The van der Waals surface area contributed by atoms with Crippen molar-refractivity contribution < 1.29 is 18.8 Å². The number of aromatic nitrogens is 2. The van der Waals surface area contributed by atoms with E-state index in [4.69, 9.17) is 14.0 Å². The molecular formula is C21H27N3O4. The number of hydrogen-bond donors (Lipinski definition) is 0. The van der Waals surface area contributed by atoms with E-state index in [1.54, 1.807) is 0 Å². The molecule has 4 rings (SSSR count). The number of benzene rings is 1. The van der Waals surface area contributed by atoms with Crippen molar-refractivity contribution in [2.24, 2.45) is 5.92 Å². The van der Waals surface area contributed by atoms with Gasteiger partial charge in [-0.1, -0.05) is 31.1 Å². The Morgan fingerprint density at radius 2 is 2.00 bits per heavy atom. The Hall–Kier alpha value is -2.41. The average molecular weight is 385 g/mol. The molecule has 0 aliphatic carbocycles. The number of ether oxygens (including phenoxy) is 2. The van der Waals surface area contributed by atoms with Gasteiger partial charge in [0.05, 0.1) is 12.1 Å². The molecule has 0 bridgehead atoms. The Bertz CT molecular complexity index is 813. The zero-order valence-corrected chi connectivity index (χ0v) is 16.5. The molecule has 3 heterocycles. The van der Waals surface area contributed by atoms with E-state index in [0.29, 0.717) is 18.2 Å². The maximum Gasteiger partial charge on any atom is 0.261 e. The van der Waals surface area contributed by atoms with Crippen LogP contribution < -0.4 is 4.74 Å². The lowest BCUT2D eigenvalue weighted by atomic mass is 10.00. The van der Waals surface area contributed by atoms with Gasteiger partial charge in [0.2, 0.25) is 5.91 Å². The maximum atomic E-state index is 12.2. The second-order valence-corrected chi connectivity index (χ2v) is 7.81. The zero-order chi connectivity index (χ0) is 19.5. The highest BCUT2D eigenvalue weighted by Crippen LogP contribution is 2.33. The third-order valence-electron chi connectivity index (χ3n) is 5.39. The fourth-order valence-corrected chi connectivity index (χ4v) is 3.78. The predicted molar refractivity (Wildman–Crippen MR) is 103 cm³/mol. The zero-order valence-electron chi connectivity index (χ0n) is 16.5. The average Bonchev–Trinajstić information content (AvgIpc) is 3.38. The lowest BCUT2D eigenvalue weighted by Gasteiger charge is -2.19. The third kappa shape index (κ3) is 4.04. The van der Waals surface area contributed by atoms with Crippen LogP contribution in [0.5, 0.6) is 5.75 Å². The fraction of sp³-hybridized carbons (Fsp3) is 0.571. The summed E-state index contributed by atoms with van der Waals surface area (Å²) in [6.07, 6.45) is 2.63. The number of likely N-dealkylation sites (tertiary alicyclic amines) is 1. The third-order valence-corrected chi connectivity index (χ3v) is 5.39. The Balaban J connectivity index is 1.47. The van der Waals surface area contributed by atoms with Gasteiger partial charge in [-0.3, -0.25) is 4.79 Å². The predicted octanol–water partition coefficient (Wildman–Crippen LogP) is 3.27. The van der Waals surface area contributed by atoms with E-state index in [1.807, 2.05) is 43.0 Å². The summed E-state index contributed by atoms with van der Waals surface area (Å²) in [4.78, 5) is 18.7. The first-order valence-electron chi connectivity index (χ1n) is 10.1. The minimum atomic E-state index is -0.0262. The van der Waals surface area contributed by atoms with Gasteiger partial charge in [0.1, 0.15) is 11.9 Å². The molecule has 0 radical (unpaired) electrons. The number of para-hydroxylation sites is 1. The van der Waals surface area contributed by atoms with E-state index in [9.17, 15) is 4.79 Å². The van der Waals surface area contributed by atoms with E-state index in [1.165, 1.54) is 0 Å². The van der Waals surface area contributed by atoms with E-state index >= 15 is 0 Å². The van der Waals surface area contributed by atoms with E-state index < -0.39 is 0 Å². The quantitative estimate of drug-likeness (QED) is 0.786. The highest BCUT2D eigenvalue weighted by atomic mass is 16.5. The molecule has 2 fully saturated rings. The minimum absolute atomic E-state index is 0.00744. The molecule has 150 valence electrons. The van der Waals surface area contributed by atoms with Crippen LogP contribution in [-0.4, -0.2) is 53.4 Å². The molecule has 1 amide bonds. The molecule has 0 saturated carbocycles. The molecular weight excluding hydrogens is 358 g/mol. The van der Waals surface area contributed by atoms with Crippen LogP contribution in [-0.2, 0) is 9.53 Å². The van der Waals surface area contributed by atoms with Crippen molar-refractivity contribution in [1.29, 1.82) is 0 Å². The van der Waals surface area contributed by atoms with Crippen molar-refractivity contribution in [3.63, 3.8) is 0 Å². The highest BCUT2D eigenvalue weighted by Gasteiger charge is 2.30. The van der Waals surface area contributed by atoms with Crippen molar-refractivity contribution >= 4 is 5.91 Å². The number of nitrogens with zero attached hydrogens (tertiary/aromatic N) is 3. The molecule has 1 aromatic heterocycles. The van der Waals surface area contributed by atoms with Gasteiger partial charge in [-0.2, -0.15) is 4.98 Å². The molecule has 0 N–H and O–H groups in total. The van der Waals surface area contributed by atoms with E-state index in [0.717, 1.165) is 50.4 Å². The van der Waals surface area contributed by atoms with Crippen LogP contribution in [0, 0.1) is 5.92 Å². The molecule has 1 atom stereocenters. The van der Waals surface area contributed by atoms with Gasteiger partial charge >= 0.3 is 0 Å². The second-order valence-electron chi connectivity index (χ2n) is 7.81. The number of rotatable bonds is 5. The summed E-state index contributed by atoms with van der Waals surface area (Å²) in [7, 11) is 0. The topological polar surface area (TPSA) is 77.7 Å². The Morgan fingerprint density at radius 1 is 1.21 bits per heavy atom. The number of amides is 1. The van der Waals surface area contributed by atoms with Crippen LogP contribution >= 0.6 is 0 Å². The van der Waals surface area contributed by atoms with Crippen molar-refractivity contribution in [2.75, 3.05) is 26.3 Å². The summed E-state index contributed by atoms with van der Waals surface area (Å²) in [6.45, 7) is 6.68. The van der Waals surface area contributed by atoms with Crippen LogP contribution in [0.2, 0.25) is 0 Å². The molecule has 2 aromatic rings. The molecule has 1 aromatic carbocycles. The van der Waals surface area contributed by atoms with Crippen LogP contribution in [0.4, 0.5) is 0 Å². The van der Waals surface area contributed by atoms with Gasteiger partial charge in [0.25, 0.3) is 5.89 Å². The summed E-state index contributed by atoms with van der Waals surface area (Å²) in [5, 5.41) is 4.19. The molecule has 2 saturated heterocycles. The first-order valence-corrected chi connectivity index (χ1v) is 10.1. The lowest BCUT2D eigenvalue weighted by molar-refractivity contribution is -0.133. The van der Waals surface area contributed by atoms with Crippen molar-refractivity contribution in [1.82, 2.24) is 15.0 Å². The van der Waals surface area contributed by atoms with E-state index in [-0.39, 0.29) is 23.8 Å². The van der Waals surface area contributed by atoms with Crippen molar-refractivity contribution in [3.8, 4) is 17.2 Å². The Kier molecular flexibility index (Phi) is 5.62. The Morgan fingerprint density at radius 3 is 2.79 bits per heavy atom. The van der Waals surface area contributed by atoms with Gasteiger partial charge in [-0.05, 0) is 25.0 Å². The molecule has 1 unspecified atom stereocenters. The lowest BCUT2D eigenvalue weighted by Crippen LogP contribution is -2.33. The fourth-order valence-electron chi connectivity index (χ4n) is 3.78. The largest absolute Gasteiger partial charge is 0.488 e. The number of carbonyl (C=O) groups is 1. The summed E-state index contributed by atoms with van der Waals surface area (Å²) >= 11 is 0. The van der Waals surface area contributed by atoms with Gasteiger partial charge in [-0.15, -0.1) is 0 Å². The number of hydrogen-bond acceptors (Lipinski definition) is 6. The molecule has 7 nitrogen and oxygen atoms in total. The molecule has 28 heavy (non-hydrogen) atoms. The highest BCUT2D eigenvalue weighted by molar-refractivity contribution is 5.78. The first-order chi connectivity index (χ1) is 13.6. The Labute approximate surface area is 165 Å². The van der Waals surface area contributed by atoms with Crippen LogP contribution in [0.3, 0.4) is 0 Å². The SMILES string of the molecule is CC(C)C(=O)N1CCC(Oc2ccccc2-c2nc(C3CCOCC3)no2)C1. The minimum Gasteiger partial charge on any atom is -0.488 e. The standard InChI is InChI=1S/C21H27N3O4/c1-14(2)21(25)24-10-7-16(13-24)27-18-6-4-3-5-17(18)20-22-19(23-28-20)15-8-11-26-12-9-15/h3-6,14-16H,7-13H2,1-2H3. The molecule has 7 heteroatoms. The monoisotopic (exact) mass is 385 g/mol. The summed E-state index contributed by atoms with van der Waals surface area (Å²) in [6, 6.07) is 7.72. The first kappa shape index (κ1) is 18.9. The smallest absolute Gasteiger partial charge is 0.261 e. The molecule has 2 aliphatic heterocycles. The van der Waals surface area contributed by atoms with E-state index in [2.05, 4.69) is 10.1 Å². The second kappa shape index (κ2) is 8.31. The van der Waals surface area contributed by atoms with Gasteiger partial charge in [0.15, 0.2) is 5.82 Å². The summed E-state index contributed by atoms with van der Waals surface area (Å²) in [5.74, 6) is 2.40. The number of carbonyl (C=O) groups excluding carboxylic acids is 1. The van der Waals surface area contributed by atoms with Crippen molar-refractivity contribution in [2.45, 2.75) is 45.1 Å². The maximum absolute atomic E-state index is 12.2. The van der Waals surface area contributed by atoms with Crippen LogP contribution in [0.25, 0.3) is 11.5 Å². The van der Waals surface area contributed by atoms with Gasteiger partial charge in [-0.25, -0.2) is 0 Å². The molecule has 2 aliphatic rings. The summed E-state index contributed by atoms with van der Waals surface area (Å²) in [5.41, 5.74) is 0.793. The van der Waals surface area contributed by atoms with Gasteiger partial charge in [0, 0.05) is 38.0 Å². The normalized spacial score (nSPS) is 20.7. The van der Waals surface area contributed by atoms with Crippen molar-refractivity contribution in [3.05, 3.63) is 30.1 Å².